The van der Waals surface area contributed by atoms with Crippen LogP contribution < -0.4 is 5.73 Å². The zero-order valence-corrected chi connectivity index (χ0v) is 9.54. The van der Waals surface area contributed by atoms with Crippen LogP contribution in [0.25, 0.3) is 0 Å². The van der Waals surface area contributed by atoms with Crippen LogP contribution in [0.1, 0.15) is 26.2 Å². The van der Waals surface area contributed by atoms with E-state index in [9.17, 15) is 0 Å². The molecule has 1 aliphatic heterocycles. The summed E-state index contributed by atoms with van der Waals surface area (Å²) < 4.78 is 5.39. The molecule has 0 amide bonds. The number of rotatable bonds is 5. The van der Waals surface area contributed by atoms with Gasteiger partial charge in [0, 0.05) is 13.7 Å². The highest BCUT2D eigenvalue weighted by atomic mass is 16.5. The van der Waals surface area contributed by atoms with Crippen LogP contribution in [0.3, 0.4) is 0 Å². The molecule has 1 heterocycles. The molecule has 2 unspecified atom stereocenters. The van der Waals surface area contributed by atoms with E-state index in [0.717, 1.165) is 13.1 Å². The maximum Gasteiger partial charge on any atom is 0.0698 e. The van der Waals surface area contributed by atoms with Crippen LogP contribution in [-0.2, 0) is 4.74 Å². The Hall–Kier alpha value is -0.120. The van der Waals surface area contributed by atoms with Gasteiger partial charge in [-0.25, -0.2) is 0 Å². The molecule has 1 saturated heterocycles. The van der Waals surface area contributed by atoms with E-state index < -0.39 is 0 Å². The van der Waals surface area contributed by atoms with Crippen molar-refractivity contribution in [3.05, 3.63) is 0 Å². The topological polar surface area (TPSA) is 38.5 Å². The molecular weight excluding hydrogens is 176 g/mol. The highest BCUT2D eigenvalue weighted by Gasteiger charge is 2.19. The standard InChI is InChI=1S/C11H24N2O/c1-10(8-12)5-7-13-6-3-4-11(9-13)14-2/h10-11H,3-9,12H2,1-2H3. The molecule has 0 aromatic carbocycles. The van der Waals surface area contributed by atoms with Gasteiger partial charge in [0.15, 0.2) is 0 Å². The summed E-state index contributed by atoms with van der Waals surface area (Å²) in [6.07, 6.45) is 4.17. The minimum atomic E-state index is 0.455. The van der Waals surface area contributed by atoms with Gasteiger partial charge < -0.3 is 15.4 Å². The van der Waals surface area contributed by atoms with E-state index in [1.54, 1.807) is 0 Å². The lowest BCUT2D eigenvalue weighted by Crippen LogP contribution is -2.40. The van der Waals surface area contributed by atoms with Gasteiger partial charge in [-0.3, -0.25) is 0 Å². The van der Waals surface area contributed by atoms with Crippen LogP contribution in [-0.4, -0.2) is 44.3 Å². The molecule has 14 heavy (non-hydrogen) atoms. The van der Waals surface area contributed by atoms with E-state index in [1.165, 1.54) is 32.4 Å². The molecule has 0 spiro atoms. The molecule has 0 radical (unpaired) electrons. The summed E-state index contributed by atoms with van der Waals surface area (Å²) in [4.78, 5) is 2.50. The van der Waals surface area contributed by atoms with Crippen LogP contribution in [0.15, 0.2) is 0 Å². The molecule has 0 saturated carbocycles. The summed E-state index contributed by atoms with van der Waals surface area (Å²) in [7, 11) is 1.82. The summed E-state index contributed by atoms with van der Waals surface area (Å²) >= 11 is 0. The fourth-order valence-electron chi connectivity index (χ4n) is 1.93. The van der Waals surface area contributed by atoms with Gasteiger partial charge in [0.05, 0.1) is 6.10 Å². The van der Waals surface area contributed by atoms with Crippen molar-refractivity contribution < 1.29 is 4.74 Å². The number of hydrogen-bond acceptors (Lipinski definition) is 3. The van der Waals surface area contributed by atoms with Crippen molar-refractivity contribution in [2.75, 3.05) is 33.3 Å². The van der Waals surface area contributed by atoms with Crippen molar-refractivity contribution in [1.82, 2.24) is 4.90 Å². The van der Waals surface area contributed by atoms with Crippen molar-refractivity contribution >= 4 is 0 Å². The molecular formula is C11H24N2O. The lowest BCUT2D eigenvalue weighted by Gasteiger charge is -2.32. The SMILES string of the molecule is COC1CCCN(CCC(C)CN)C1. The van der Waals surface area contributed by atoms with Crippen LogP contribution in [0, 0.1) is 5.92 Å². The molecule has 0 bridgehead atoms. The second-order valence-corrected chi connectivity index (χ2v) is 4.43. The molecule has 0 aliphatic carbocycles. The summed E-state index contributed by atoms with van der Waals surface area (Å²) in [6.45, 7) is 6.54. The van der Waals surface area contributed by atoms with E-state index in [0.29, 0.717) is 12.0 Å². The predicted molar refractivity (Wildman–Crippen MR) is 59.3 cm³/mol. The Labute approximate surface area is 87.6 Å². The van der Waals surface area contributed by atoms with Crippen molar-refractivity contribution in [2.24, 2.45) is 11.7 Å². The number of piperidine rings is 1. The second-order valence-electron chi connectivity index (χ2n) is 4.43. The Balaban J connectivity index is 2.17. The Bertz CT molecular complexity index is 152. The monoisotopic (exact) mass is 200 g/mol. The van der Waals surface area contributed by atoms with Gasteiger partial charge in [-0.15, -0.1) is 0 Å². The predicted octanol–water partition coefficient (Wildman–Crippen LogP) is 1.08. The summed E-state index contributed by atoms with van der Waals surface area (Å²) in [5.41, 5.74) is 5.60. The summed E-state index contributed by atoms with van der Waals surface area (Å²) in [6, 6.07) is 0. The first kappa shape index (κ1) is 12.0. The number of nitrogens with two attached hydrogens (primary N) is 1. The van der Waals surface area contributed by atoms with E-state index >= 15 is 0 Å². The van der Waals surface area contributed by atoms with Crippen molar-refractivity contribution in [3.63, 3.8) is 0 Å². The van der Waals surface area contributed by atoms with Gasteiger partial charge in [0.25, 0.3) is 0 Å². The smallest absolute Gasteiger partial charge is 0.0698 e. The second kappa shape index (κ2) is 6.38. The zero-order valence-electron chi connectivity index (χ0n) is 9.54. The number of nitrogens with zero attached hydrogens (tertiary/aromatic N) is 1. The third kappa shape index (κ3) is 3.95. The summed E-state index contributed by atoms with van der Waals surface area (Å²) in [5.74, 6) is 0.651. The number of hydrogen-bond donors (Lipinski definition) is 1. The quantitative estimate of drug-likeness (QED) is 0.722. The molecule has 3 nitrogen and oxygen atoms in total. The maximum absolute atomic E-state index is 5.60. The van der Waals surface area contributed by atoms with Gasteiger partial charge >= 0.3 is 0 Å². The van der Waals surface area contributed by atoms with Crippen LogP contribution in [0.2, 0.25) is 0 Å². The van der Waals surface area contributed by atoms with Crippen molar-refractivity contribution in [1.29, 1.82) is 0 Å². The van der Waals surface area contributed by atoms with Gasteiger partial charge in [-0.2, -0.15) is 0 Å². The van der Waals surface area contributed by atoms with Crippen LogP contribution in [0.4, 0.5) is 0 Å². The van der Waals surface area contributed by atoms with Crippen molar-refractivity contribution in [2.45, 2.75) is 32.3 Å². The van der Waals surface area contributed by atoms with E-state index in [-0.39, 0.29) is 0 Å². The van der Waals surface area contributed by atoms with Crippen LogP contribution in [0.5, 0.6) is 0 Å². The Kier molecular flexibility index (Phi) is 5.45. The average Bonchev–Trinajstić information content (AvgIpc) is 2.26. The first-order valence-corrected chi connectivity index (χ1v) is 5.71. The highest BCUT2D eigenvalue weighted by molar-refractivity contribution is 4.73. The molecule has 0 aromatic heterocycles. The third-order valence-electron chi connectivity index (χ3n) is 3.14. The van der Waals surface area contributed by atoms with E-state index in [2.05, 4.69) is 11.8 Å². The molecule has 1 fully saturated rings. The molecule has 2 atom stereocenters. The van der Waals surface area contributed by atoms with E-state index in [4.69, 9.17) is 10.5 Å². The Morgan fingerprint density at radius 1 is 1.57 bits per heavy atom. The molecule has 84 valence electrons. The largest absolute Gasteiger partial charge is 0.380 e. The lowest BCUT2D eigenvalue weighted by atomic mass is 10.1. The van der Waals surface area contributed by atoms with Gasteiger partial charge in [0.1, 0.15) is 0 Å². The third-order valence-corrected chi connectivity index (χ3v) is 3.14. The normalized spacial score (nSPS) is 26.4. The number of likely N-dealkylation sites (tertiary alicyclic amines) is 1. The van der Waals surface area contributed by atoms with E-state index in [1.807, 2.05) is 7.11 Å². The number of methoxy groups -OCH3 is 1. The first-order valence-electron chi connectivity index (χ1n) is 5.71. The summed E-state index contributed by atoms with van der Waals surface area (Å²) in [5, 5.41) is 0. The van der Waals surface area contributed by atoms with Crippen molar-refractivity contribution in [3.8, 4) is 0 Å². The van der Waals surface area contributed by atoms with Gasteiger partial charge in [-0.1, -0.05) is 6.92 Å². The molecule has 3 heteroatoms. The fourth-order valence-corrected chi connectivity index (χ4v) is 1.93. The van der Waals surface area contributed by atoms with Gasteiger partial charge in [-0.05, 0) is 44.8 Å². The van der Waals surface area contributed by atoms with Gasteiger partial charge in [0.2, 0.25) is 0 Å². The number of ether oxygens (including phenoxy) is 1. The molecule has 1 aliphatic rings. The minimum absolute atomic E-state index is 0.455. The highest BCUT2D eigenvalue weighted by Crippen LogP contribution is 2.13. The zero-order chi connectivity index (χ0) is 10.4. The first-order chi connectivity index (χ1) is 6.76. The Morgan fingerprint density at radius 3 is 3.00 bits per heavy atom. The molecule has 0 aromatic rings. The Morgan fingerprint density at radius 2 is 2.36 bits per heavy atom. The fraction of sp³-hybridized carbons (Fsp3) is 1.00. The molecule has 2 N–H and O–H groups in total. The van der Waals surface area contributed by atoms with Crippen LogP contribution >= 0.6 is 0 Å². The minimum Gasteiger partial charge on any atom is -0.380 e. The maximum atomic E-state index is 5.60. The molecule has 1 rings (SSSR count). The lowest BCUT2D eigenvalue weighted by molar-refractivity contribution is 0.0299. The average molecular weight is 200 g/mol.